The van der Waals surface area contributed by atoms with E-state index in [1.54, 1.807) is 0 Å². The minimum absolute atomic E-state index is 0.434. The minimum atomic E-state index is 0.434. The molecule has 1 saturated heterocycles. The summed E-state index contributed by atoms with van der Waals surface area (Å²) in [5.41, 5.74) is 1.92. The molecule has 3 rings (SSSR count). The van der Waals surface area contributed by atoms with Crippen LogP contribution in [-0.4, -0.2) is 55.1 Å². The molecule has 0 N–H and O–H groups in total. The number of hydrogen-bond donors (Lipinski definition) is 0. The van der Waals surface area contributed by atoms with E-state index in [0.29, 0.717) is 6.04 Å². The molecule has 1 aromatic heterocycles. The van der Waals surface area contributed by atoms with Crippen LogP contribution in [0, 0.1) is 11.3 Å². The van der Waals surface area contributed by atoms with Gasteiger partial charge in [-0.05, 0) is 30.2 Å². The predicted octanol–water partition coefficient (Wildman–Crippen LogP) is 2.12. The Balaban J connectivity index is 1.64. The van der Waals surface area contributed by atoms with Crippen LogP contribution >= 0.6 is 0 Å². The van der Waals surface area contributed by atoms with Crippen molar-refractivity contribution < 1.29 is 0 Å². The average Bonchev–Trinajstić information content (AvgIpc) is 3.09. The van der Waals surface area contributed by atoms with Crippen LogP contribution in [-0.2, 0) is 6.54 Å². The SMILES string of the molecule is CN(C)c1nccc(N(C)C2CCN(Cc3cccc(C#N)c3)C2)n1. The van der Waals surface area contributed by atoms with Crippen molar-refractivity contribution in [1.29, 1.82) is 5.26 Å². The third-order valence-electron chi connectivity index (χ3n) is 4.65. The molecule has 0 radical (unpaired) electrons. The molecule has 0 amide bonds. The zero-order valence-electron chi connectivity index (χ0n) is 15.1. The average molecular weight is 336 g/mol. The highest BCUT2D eigenvalue weighted by atomic mass is 15.3. The van der Waals surface area contributed by atoms with Gasteiger partial charge in [-0.3, -0.25) is 4.90 Å². The van der Waals surface area contributed by atoms with E-state index in [9.17, 15) is 0 Å². The Morgan fingerprint density at radius 3 is 2.88 bits per heavy atom. The number of hydrogen-bond acceptors (Lipinski definition) is 6. The number of nitrogens with zero attached hydrogens (tertiary/aromatic N) is 6. The molecular weight excluding hydrogens is 312 g/mol. The third kappa shape index (κ3) is 4.06. The summed E-state index contributed by atoms with van der Waals surface area (Å²) in [4.78, 5) is 15.5. The van der Waals surface area contributed by atoms with Gasteiger partial charge in [-0.25, -0.2) is 4.98 Å². The maximum atomic E-state index is 9.04. The molecule has 0 aliphatic carbocycles. The van der Waals surface area contributed by atoms with Crippen molar-refractivity contribution in [1.82, 2.24) is 14.9 Å². The van der Waals surface area contributed by atoms with E-state index in [2.05, 4.69) is 39.0 Å². The van der Waals surface area contributed by atoms with Crippen molar-refractivity contribution in [3.05, 3.63) is 47.7 Å². The molecule has 1 unspecified atom stereocenters. The molecule has 1 aliphatic heterocycles. The summed E-state index contributed by atoms with van der Waals surface area (Å²) in [6, 6.07) is 12.5. The van der Waals surface area contributed by atoms with Gasteiger partial charge in [-0.15, -0.1) is 0 Å². The third-order valence-corrected chi connectivity index (χ3v) is 4.65. The minimum Gasteiger partial charge on any atom is -0.355 e. The van der Waals surface area contributed by atoms with Crippen LogP contribution in [0.15, 0.2) is 36.5 Å². The molecular formula is C19H24N6. The normalized spacial score (nSPS) is 17.3. The lowest BCUT2D eigenvalue weighted by Crippen LogP contribution is -2.35. The van der Waals surface area contributed by atoms with Crippen molar-refractivity contribution in [3.8, 4) is 6.07 Å². The smallest absolute Gasteiger partial charge is 0.226 e. The van der Waals surface area contributed by atoms with Crippen molar-refractivity contribution in [3.63, 3.8) is 0 Å². The van der Waals surface area contributed by atoms with Gasteiger partial charge >= 0.3 is 0 Å². The molecule has 1 atom stereocenters. The Bertz CT molecular complexity index is 767. The molecule has 0 bridgehead atoms. The second-order valence-corrected chi connectivity index (χ2v) is 6.71. The Morgan fingerprint density at radius 2 is 2.12 bits per heavy atom. The molecule has 0 spiro atoms. The van der Waals surface area contributed by atoms with Gasteiger partial charge in [0.2, 0.25) is 5.95 Å². The molecule has 2 heterocycles. The van der Waals surface area contributed by atoms with Gasteiger partial charge in [0.1, 0.15) is 5.82 Å². The molecule has 0 saturated carbocycles. The topological polar surface area (TPSA) is 59.3 Å². The molecule has 2 aromatic rings. The van der Waals surface area contributed by atoms with Crippen LogP contribution in [0.2, 0.25) is 0 Å². The van der Waals surface area contributed by atoms with E-state index in [0.717, 1.165) is 43.4 Å². The number of benzene rings is 1. The van der Waals surface area contributed by atoms with E-state index in [-0.39, 0.29) is 0 Å². The number of likely N-dealkylation sites (tertiary alicyclic amines) is 1. The standard InChI is InChI=1S/C19H24N6/c1-23(2)19-21-9-7-18(22-19)24(3)17-8-10-25(14-17)13-16-6-4-5-15(11-16)12-20/h4-7,9,11,17H,8,10,13-14H2,1-3H3. The van der Waals surface area contributed by atoms with Gasteiger partial charge in [-0.2, -0.15) is 10.2 Å². The van der Waals surface area contributed by atoms with E-state index in [1.165, 1.54) is 5.56 Å². The number of anilines is 2. The first-order valence-electron chi connectivity index (χ1n) is 8.51. The highest BCUT2D eigenvalue weighted by Gasteiger charge is 2.26. The molecule has 25 heavy (non-hydrogen) atoms. The first kappa shape index (κ1) is 17.2. The Morgan fingerprint density at radius 1 is 1.28 bits per heavy atom. The van der Waals surface area contributed by atoms with E-state index >= 15 is 0 Å². The lowest BCUT2D eigenvalue weighted by molar-refractivity contribution is 0.326. The van der Waals surface area contributed by atoms with Crippen molar-refractivity contribution >= 4 is 11.8 Å². The fourth-order valence-electron chi connectivity index (χ4n) is 3.21. The zero-order valence-corrected chi connectivity index (χ0v) is 15.1. The highest BCUT2D eigenvalue weighted by molar-refractivity contribution is 5.43. The molecule has 1 aromatic carbocycles. The van der Waals surface area contributed by atoms with Crippen LogP contribution in [0.1, 0.15) is 17.5 Å². The predicted molar refractivity (Wildman–Crippen MR) is 99.6 cm³/mol. The van der Waals surface area contributed by atoms with E-state index in [4.69, 9.17) is 5.26 Å². The van der Waals surface area contributed by atoms with Gasteiger partial charge < -0.3 is 9.80 Å². The number of aromatic nitrogens is 2. The number of nitriles is 1. The molecule has 6 nitrogen and oxygen atoms in total. The molecule has 1 fully saturated rings. The van der Waals surface area contributed by atoms with Crippen molar-refractivity contribution in [2.45, 2.75) is 19.0 Å². The number of likely N-dealkylation sites (N-methyl/N-ethyl adjacent to an activating group) is 1. The molecule has 130 valence electrons. The maximum Gasteiger partial charge on any atom is 0.226 e. The summed E-state index contributed by atoms with van der Waals surface area (Å²) in [7, 11) is 6.00. The second-order valence-electron chi connectivity index (χ2n) is 6.71. The summed E-state index contributed by atoms with van der Waals surface area (Å²) in [5.74, 6) is 1.68. The first-order valence-corrected chi connectivity index (χ1v) is 8.51. The number of rotatable bonds is 5. The molecule has 6 heteroatoms. The van der Waals surface area contributed by atoms with E-state index in [1.807, 2.05) is 49.5 Å². The van der Waals surface area contributed by atoms with Gasteiger partial charge in [0.15, 0.2) is 0 Å². The molecule has 1 aliphatic rings. The van der Waals surface area contributed by atoms with Crippen molar-refractivity contribution in [2.75, 3.05) is 44.0 Å². The fourth-order valence-corrected chi connectivity index (χ4v) is 3.21. The highest BCUT2D eigenvalue weighted by Crippen LogP contribution is 2.22. The lowest BCUT2D eigenvalue weighted by Gasteiger charge is -2.26. The summed E-state index contributed by atoms with van der Waals surface area (Å²) in [6.07, 6.45) is 2.92. The maximum absolute atomic E-state index is 9.04. The van der Waals surface area contributed by atoms with E-state index < -0.39 is 0 Å². The van der Waals surface area contributed by atoms with Gasteiger partial charge in [0, 0.05) is 53.0 Å². The Labute approximate surface area is 149 Å². The van der Waals surface area contributed by atoms with Gasteiger partial charge in [0.25, 0.3) is 0 Å². The van der Waals surface area contributed by atoms with Crippen LogP contribution in [0.4, 0.5) is 11.8 Å². The largest absolute Gasteiger partial charge is 0.355 e. The quantitative estimate of drug-likeness (QED) is 0.834. The Kier molecular flexibility index (Phi) is 5.15. The van der Waals surface area contributed by atoms with Crippen molar-refractivity contribution in [2.24, 2.45) is 0 Å². The second kappa shape index (κ2) is 7.49. The van der Waals surface area contributed by atoms with Crippen LogP contribution in [0.5, 0.6) is 0 Å². The Hall–Kier alpha value is -2.65. The summed E-state index contributed by atoms with van der Waals surface area (Å²) >= 11 is 0. The summed E-state index contributed by atoms with van der Waals surface area (Å²) in [5, 5.41) is 9.04. The van der Waals surface area contributed by atoms with Crippen LogP contribution < -0.4 is 9.80 Å². The van der Waals surface area contributed by atoms with Gasteiger partial charge in [0.05, 0.1) is 11.6 Å². The fraction of sp³-hybridized carbons (Fsp3) is 0.421. The summed E-state index contributed by atoms with van der Waals surface area (Å²) in [6.45, 7) is 2.93. The summed E-state index contributed by atoms with van der Waals surface area (Å²) < 4.78 is 0. The lowest BCUT2D eigenvalue weighted by atomic mass is 10.1. The zero-order chi connectivity index (χ0) is 17.8. The van der Waals surface area contributed by atoms with Crippen LogP contribution in [0.25, 0.3) is 0 Å². The first-order chi connectivity index (χ1) is 12.1. The van der Waals surface area contributed by atoms with Gasteiger partial charge in [-0.1, -0.05) is 12.1 Å². The monoisotopic (exact) mass is 336 g/mol. The van der Waals surface area contributed by atoms with Crippen LogP contribution in [0.3, 0.4) is 0 Å².